The Morgan fingerprint density at radius 1 is 0.905 bits per heavy atom. The molecule has 0 saturated carbocycles. The Hall–Kier alpha value is -2.88. The first-order chi connectivity index (χ1) is 10.3. The molecule has 3 aromatic carbocycles. The largest absolute Gasteiger partial charge is 0.504 e. The number of rotatable bonds is 1. The number of benzene rings is 3. The van der Waals surface area contributed by atoms with Gasteiger partial charge in [0.2, 0.25) is 11.5 Å². The Bertz CT molecular complexity index is 855. The van der Waals surface area contributed by atoms with Crippen molar-refractivity contribution in [3.05, 3.63) is 48.5 Å². The predicted molar refractivity (Wildman–Crippen MR) is 78.8 cm³/mol. The van der Waals surface area contributed by atoms with E-state index in [9.17, 15) is 5.11 Å². The number of methoxy groups -OCH3 is 1. The Labute approximate surface area is 121 Å². The van der Waals surface area contributed by atoms with Crippen LogP contribution in [0.15, 0.2) is 48.5 Å². The van der Waals surface area contributed by atoms with Crippen molar-refractivity contribution < 1.29 is 19.3 Å². The van der Waals surface area contributed by atoms with E-state index in [1.54, 1.807) is 25.3 Å². The monoisotopic (exact) mass is 280 g/mol. The maximum Gasteiger partial charge on any atom is 0.212 e. The summed E-state index contributed by atoms with van der Waals surface area (Å²) in [4.78, 5) is 0. The normalized spacial score (nSPS) is 12.0. The summed E-state index contributed by atoms with van der Waals surface area (Å²) in [6.45, 7) is 0. The van der Waals surface area contributed by atoms with Gasteiger partial charge in [0.1, 0.15) is 0 Å². The number of hydrogen-bond donors (Lipinski definition) is 1. The molecule has 4 rings (SSSR count). The molecule has 4 nitrogen and oxygen atoms in total. The van der Waals surface area contributed by atoms with Crippen LogP contribution in [0, 0.1) is 0 Å². The lowest BCUT2D eigenvalue weighted by atomic mass is 10.1. The number of para-hydroxylation sites is 1. The molecule has 1 N–H and O–H groups in total. The van der Waals surface area contributed by atoms with E-state index in [0.29, 0.717) is 28.7 Å². The summed E-state index contributed by atoms with van der Waals surface area (Å²) >= 11 is 0. The Morgan fingerprint density at radius 2 is 1.76 bits per heavy atom. The van der Waals surface area contributed by atoms with Crippen molar-refractivity contribution in [2.24, 2.45) is 0 Å². The molecule has 0 atom stereocenters. The second-order valence-electron chi connectivity index (χ2n) is 4.77. The van der Waals surface area contributed by atoms with Crippen LogP contribution < -0.4 is 14.2 Å². The Kier molecular flexibility index (Phi) is 2.44. The van der Waals surface area contributed by atoms with Crippen molar-refractivity contribution in [1.82, 2.24) is 0 Å². The second-order valence-corrected chi connectivity index (χ2v) is 4.77. The summed E-state index contributed by atoms with van der Waals surface area (Å²) < 4.78 is 17.1. The highest BCUT2D eigenvalue weighted by Crippen LogP contribution is 2.55. The zero-order valence-electron chi connectivity index (χ0n) is 11.3. The molecule has 0 saturated heterocycles. The first kappa shape index (κ1) is 11.9. The van der Waals surface area contributed by atoms with E-state index in [1.807, 2.05) is 30.3 Å². The fraction of sp³-hybridized carbons (Fsp3) is 0.0588. The summed E-state index contributed by atoms with van der Waals surface area (Å²) in [5.41, 5.74) is 0. The van der Waals surface area contributed by atoms with E-state index in [0.717, 1.165) is 10.8 Å². The molecule has 0 spiro atoms. The van der Waals surface area contributed by atoms with Gasteiger partial charge in [0.15, 0.2) is 23.0 Å². The quantitative estimate of drug-likeness (QED) is 0.559. The third-order valence-electron chi connectivity index (χ3n) is 3.52. The van der Waals surface area contributed by atoms with Gasteiger partial charge in [0.25, 0.3) is 0 Å². The van der Waals surface area contributed by atoms with E-state index in [4.69, 9.17) is 14.2 Å². The summed E-state index contributed by atoms with van der Waals surface area (Å²) in [5, 5.41) is 11.9. The van der Waals surface area contributed by atoms with Crippen LogP contribution in [-0.2, 0) is 0 Å². The van der Waals surface area contributed by atoms with E-state index in [-0.39, 0.29) is 5.75 Å². The van der Waals surface area contributed by atoms with Gasteiger partial charge >= 0.3 is 0 Å². The van der Waals surface area contributed by atoms with Gasteiger partial charge in [-0.15, -0.1) is 0 Å². The van der Waals surface area contributed by atoms with Gasteiger partial charge in [-0.3, -0.25) is 0 Å². The molecule has 0 aliphatic carbocycles. The number of ether oxygens (including phenoxy) is 3. The van der Waals surface area contributed by atoms with Crippen molar-refractivity contribution in [2.75, 3.05) is 7.11 Å². The number of fused-ring (bicyclic) bond motifs is 4. The summed E-state index contributed by atoms with van der Waals surface area (Å²) in [6, 6.07) is 14.7. The lowest BCUT2D eigenvalue weighted by Crippen LogP contribution is -2.01. The molecule has 1 aliphatic heterocycles. The Morgan fingerprint density at radius 3 is 2.62 bits per heavy atom. The number of aromatic hydroxyl groups is 1. The maximum atomic E-state index is 10.2. The van der Waals surface area contributed by atoms with Crippen molar-refractivity contribution in [2.45, 2.75) is 0 Å². The lowest BCUT2D eigenvalue weighted by molar-refractivity contribution is 0.319. The summed E-state index contributed by atoms with van der Waals surface area (Å²) in [7, 11) is 1.58. The van der Waals surface area contributed by atoms with E-state index >= 15 is 0 Å². The van der Waals surface area contributed by atoms with Crippen molar-refractivity contribution in [3.8, 4) is 34.5 Å². The van der Waals surface area contributed by atoms with Crippen molar-refractivity contribution >= 4 is 10.8 Å². The minimum absolute atomic E-state index is 0.0529. The third kappa shape index (κ3) is 1.69. The molecule has 0 radical (unpaired) electrons. The standard InChI is InChI=1S/C17H12O4/c1-19-13-7-4-8-14-17(13)21-15-11-6-3-2-5-10(11)9-12(18)16(15)20-14/h2-9,18H,1H3. The third-order valence-corrected chi connectivity index (χ3v) is 3.52. The minimum atomic E-state index is 0.0529. The van der Waals surface area contributed by atoms with Crippen LogP contribution in [0.25, 0.3) is 10.8 Å². The molecule has 21 heavy (non-hydrogen) atoms. The molecule has 4 heteroatoms. The van der Waals surface area contributed by atoms with E-state index < -0.39 is 0 Å². The molecule has 1 heterocycles. The van der Waals surface area contributed by atoms with Crippen LogP contribution in [0.2, 0.25) is 0 Å². The minimum Gasteiger partial charge on any atom is -0.504 e. The molecular weight excluding hydrogens is 268 g/mol. The number of phenols is 1. The summed E-state index contributed by atoms with van der Waals surface area (Å²) in [6.07, 6.45) is 0. The summed E-state index contributed by atoms with van der Waals surface area (Å²) in [5.74, 6) is 2.51. The van der Waals surface area contributed by atoms with Crippen LogP contribution in [-0.4, -0.2) is 12.2 Å². The van der Waals surface area contributed by atoms with Crippen LogP contribution in [0.4, 0.5) is 0 Å². The fourth-order valence-electron chi connectivity index (χ4n) is 2.53. The molecule has 0 unspecified atom stereocenters. The van der Waals surface area contributed by atoms with Crippen LogP contribution in [0.5, 0.6) is 34.5 Å². The molecule has 0 bridgehead atoms. The maximum absolute atomic E-state index is 10.2. The highest BCUT2D eigenvalue weighted by molar-refractivity contribution is 5.94. The molecule has 0 fully saturated rings. The predicted octanol–water partition coefficient (Wildman–Crippen LogP) is 4.45. The molecule has 0 amide bonds. The highest BCUT2D eigenvalue weighted by atomic mass is 16.6. The van der Waals surface area contributed by atoms with E-state index in [2.05, 4.69) is 0 Å². The second kappa shape index (κ2) is 4.31. The first-order valence-corrected chi connectivity index (χ1v) is 6.55. The molecule has 1 aliphatic rings. The van der Waals surface area contributed by atoms with Gasteiger partial charge in [0, 0.05) is 5.39 Å². The van der Waals surface area contributed by atoms with Crippen LogP contribution >= 0.6 is 0 Å². The fourth-order valence-corrected chi connectivity index (χ4v) is 2.53. The zero-order chi connectivity index (χ0) is 14.4. The number of phenolic OH excluding ortho intramolecular Hbond substituents is 1. The van der Waals surface area contributed by atoms with Crippen molar-refractivity contribution in [3.63, 3.8) is 0 Å². The van der Waals surface area contributed by atoms with E-state index in [1.165, 1.54) is 0 Å². The molecular formula is C17H12O4. The average Bonchev–Trinajstić information content (AvgIpc) is 2.53. The van der Waals surface area contributed by atoms with Gasteiger partial charge in [-0.25, -0.2) is 0 Å². The molecule has 104 valence electrons. The zero-order valence-corrected chi connectivity index (χ0v) is 11.3. The number of hydrogen-bond acceptors (Lipinski definition) is 4. The van der Waals surface area contributed by atoms with Crippen molar-refractivity contribution in [1.29, 1.82) is 0 Å². The Balaban J connectivity index is 1.99. The smallest absolute Gasteiger partial charge is 0.212 e. The van der Waals surface area contributed by atoms with Gasteiger partial charge in [-0.1, -0.05) is 30.3 Å². The molecule has 3 aromatic rings. The lowest BCUT2D eigenvalue weighted by Gasteiger charge is -2.23. The first-order valence-electron chi connectivity index (χ1n) is 6.55. The average molecular weight is 280 g/mol. The highest BCUT2D eigenvalue weighted by Gasteiger charge is 2.26. The van der Waals surface area contributed by atoms with Gasteiger partial charge in [0.05, 0.1) is 7.11 Å². The molecule has 0 aromatic heterocycles. The van der Waals surface area contributed by atoms with Crippen LogP contribution in [0.1, 0.15) is 0 Å². The van der Waals surface area contributed by atoms with Gasteiger partial charge in [-0.2, -0.15) is 0 Å². The SMILES string of the molecule is COc1cccc2c1Oc1c(c(O)cc3ccccc13)O2. The van der Waals surface area contributed by atoms with Gasteiger partial charge in [-0.05, 0) is 23.6 Å². The topological polar surface area (TPSA) is 47.9 Å². The van der Waals surface area contributed by atoms with Gasteiger partial charge < -0.3 is 19.3 Å². The van der Waals surface area contributed by atoms with Crippen LogP contribution in [0.3, 0.4) is 0 Å².